The van der Waals surface area contributed by atoms with E-state index in [9.17, 15) is 41.9 Å². The molecule has 68 heavy (non-hydrogen) atoms. The smallest absolute Gasteiger partial charge is 0.367 e. The fourth-order valence-corrected chi connectivity index (χ4v) is 10.4. The highest BCUT2D eigenvalue weighted by molar-refractivity contribution is 7.86. The lowest BCUT2D eigenvalue weighted by Gasteiger charge is -2.20. The summed E-state index contributed by atoms with van der Waals surface area (Å²) in [6.07, 6.45) is -1.15. The Bertz CT molecular complexity index is 2760. The highest BCUT2D eigenvalue weighted by Crippen LogP contribution is 2.41. The summed E-state index contributed by atoms with van der Waals surface area (Å²) in [5.74, 6) is -1.84. The number of azo groups is 1. The monoisotopic (exact) mass is 985 g/mol. The van der Waals surface area contributed by atoms with Crippen molar-refractivity contribution < 1.29 is 40.8 Å². The Kier molecular flexibility index (Phi) is 18.4. The standard InChI is InChI=1S/2C18H19S.C16H22F2N4O7S/c2*1-18(2,3)15-8-10-16(11-9-15)19-13-12-14-6-4-5-7-17(14)19;1-4-28-12(23)5-7-14(2,9-19)21-22-15(3,10-20)8-6-13(24)29-11-16(17,18)30(25,26)27/h2*4-13H,1-3H3;4-8,11H2,1-3H3,(H,25,26,27)/q2*+1;/p-1. The van der Waals surface area contributed by atoms with Gasteiger partial charge in [0.1, 0.15) is 10.8 Å². The van der Waals surface area contributed by atoms with Crippen molar-refractivity contribution in [3.05, 3.63) is 131 Å². The first-order valence-electron chi connectivity index (χ1n) is 21.9. The first kappa shape index (κ1) is 54.7. The summed E-state index contributed by atoms with van der Waals surface area (Å²) in [5, 5.41) is 28.7. The molecule has 2 heterocycles. The summed E-state index contributed by atoms with van der Waals surface area (Å²) in [4.78, 5) is 25.8. The third kappa shape index (κ3) is 15.3. The van der Waals surface area contributed by atoms with Crippen LogP contribution in [0.25, 0.3) is 30.0 Å². The number of benzene rings is 4. The minimum absolute atomic E-state index is 0.0475. The highest BCUT2D eigenvalue weighted by Gasteiger charge is 2.39. The van der Waals surface area contributed by atoms with Crippen LogP contribution in [0.15, 0.2) is 130 Å². The SMILES string of the molecule is CC(C)(C)c1ccc(-[s+]2ccc3ccccc32)cc1.CC(C)(C)c1ccc(-[s+]2ccc3ccccc32)cc1.CCOC(=O)CCC(C)(C#N)N=NC(C)(C#N)CCC(=O)OCC(F)(F)S(=O)(=O)[O-]. The van der Waals surface area contributed by atoms with Crippen LogP contribution in [0.5, 0.6) is 0 Å². The normalized spacial score (nSPS) is 14.3. The molecule has 0 N–H and O–H groups in total. The van der Waals surface area contributed by atoms with Crippen molar-refractivity contribution in [1.82, 2.24) is 0 Å². The molecule has 6 aromatic rings. The van der Waals surface area contributed by atoms with Gasteiger partial charge in [-0.15, -0.1) is 0 Å². The molecule has 2 aromatic heterocycles. The van der Waals surface area contributed by atoms with Gasteiger partial charge in [-0.05, 0) is 104 Å². The number of hydrogen-bond acceptors (Lipinski definition) is 11. The van der Waals surface area contributed by atoms with Gasteiger partial charge < -0.3 is 14.0 Å². The second kappa shape index (κ2) is 22.9. The number of esters is 2. The zero-order valence-corrected chi connectivity index (χ0v) is 42.4. The maximum atomic E-state index is 13.0. The lowest BCUT2D eigenvalue weighted by molar-refractivity contribution is -0.150. The Morgan fingerprint density at radius 3 is 1.32 bits per heavy atom. The third-order valence-corrected chi connectivity index (χ3v) is 15.6. The van der Waals surface area contributed by atoms with E-state index in [2.05, 4.69) is 176 Å². The molecule has 0 bridgehead atoms. The molecule has 0 amide bonds. The number of alkyl halides is 2. The van der Waals surface area contributed by atoms with Crippen LogP contribution in [0, 0.1) is 22.7 Å². The number of carbonyl (C=O) groups is 2. The molecule has 4 atom stereocenters. The minimum atomic E-state index is -6.00. The molecule has 0 saturated carbocycles. The predicted octanol–water partition coefficient (Wildman–Crippen LogP) is 13.6. The number of thiophene rings is 2. The Balaban J connectivity index is 0.000000230. The largest absolute Gasteiger partial charge is 0.743 e. The van der Waals surface area contributed by atoms with Crippen molar-refractivity contribution in [2.45, 2.75) is 115 Å². The minimum Gasteiger partial charge on any atom is -0.743 e. The quantitative estimate of drug-likeness (QED) is 0.0444. The number of halogens is 2. The Hall–Kier alpha value is -5.91. The molecule has 6 rings (SSSR count). The van der Waals surface area contributed by atoms with Crippen molar-refractivity contribution in [3.8, 4) is 21.9 Å². The number of hydrogen-bond donors (Lipinski definition) is 0. The van der Waals surface area contributed by atoms with Gasteiger partial charge in [-0.1, -0.05) is 90.1 Å². The number of carbonyl (C=O) groups excluding carboxylic acids is 2. The average molecular weight is 986 g/mol. The summed E-state index contributed by atoms with van der Waals surface area (Å²) < 4.78 is 68.7. The fraction of sp³-hybridized carbons (Fsp3) is 0.385. The van der Waals surface area contributed by atoms with Gasteiger partial charge in [-0.25, -0.2) is 8.42 Å². The van der Waals surface area contributed by atoms with Crippen molar-refractivity contribution in [2.75, 3.05) is 13.2 Å². The highest BCUT2D eigenvalue weighted by atomic mass is 32.2. The predicted molar refractivity (Wildman–Crippen MR) is 267 cm³/mol. The lowest BCUT2D eigenvalue weighted by Crippen LogP contribution is -2.35. The van der Waals surface area contributed by atoms with Crippen LogP contribution in [-0.4, -0.2) is 54.5 Å². The summed E-state index contributed by atoms with van der Waals surface area (Å²) in [6.45, 7) is 16.0. The van der Waals surface area contributed by atoms with E-state index in [0.717, 1.165) is 0 Å². The molecule has 0 radical (unpaired) electrons. The first-order valence-corrected chi connectivity index (χ1v) is 25.9. The van der Waals surface area contributed by atoms with Crippen LogP contribution < -0.4 is 0 Å². The molecule has 11 nitrogen and oxygen atoms in total. The maximum Gasteiger partial charge on any atom is 0.367 e. The van der Waals surface area contributed by atoms with E-state index in [1.54, 1.807) is 13.0 Å². The Labute approximate surface area is 404 Å². The molecule has 0 saturated heterocycles. The van der Waals surface area contributed by atoms with Crippen molar-refractivity contribution in [1.29, 1.82) is 10.5 Å². The zero-order chi connectivity index (χ0) is 50.6. The topological polar surface area (TPSA) is 182 Å². The Morgan fingerprint density at radius 2 is 0.985 bits per heavy atom. The molecule has 4 aromatic carbocycles. The van der Waals surface area contributed by atoms with Gasteiger partial charge in [0.25, 0.3) is 0 Å². The zero-order valence-electron chi connectivity index (χ0n) is 39.9. The molecule has 16 heteroatoms. The van der Waals surface area contributed by atoms with Crippen LogP contribution in [0.1, 0.15) is 99.1 Å². The fourth-order valence-electron chi connectivity index (χ4n) is 6.39. The number of ether oxygens (including phenoxy) is 2. The molecule has 360 valence electrons. The van der Waals surface area contributed by atoms with Crippen LogP contribution in [-0.2, 0) is 40.0 Å². The van der Waals surface area contributed by atoms with Gasteiger partial charge in [0.15, 0.2) is 47.0 Å². The van der Waals surface area contributed by atoms with Gasteiger partial charge in [0, 0.05) is 56.7 Å². The molecule has 0 aliphatic heterocycles. The molecule has 4 unspecified atom stereocenters. The van der Waals surface area contributed by atoms with E-state index >= 15 is 0 Å². The van der Waals surface area contributed by atoms with Gasteiger partial charge in [0.05, 0.1) is 18.7 Å². The Morgan fingerprint density at radius 1 is 0.618 bits per heavy atom. The number of nitriles is 2. The second-order valence-corrected chi connectivity index (χ2v) is 23.7. The van der Waals surface area contributed by atoms with E-state index in [1.165, 1.54) is 54.9 Å². The molecular weight excluding hydrogens is 927 g/mol. The van der Waals surface area contributed by atoms with Gasteiger partial charge in [0.2, 0.25) is 0 Å². The second-order valence-electron chi connectivity index (χ2n) is 18.4. The van der Waals surface area contributed by atoms with E-state index in [-0.39, 0.29) is 57.6 Å². The van der Waals surface area contributed by atoms with Gasteiger partial charge in [-0.3, -0.25) is 9.59 Å². The summed E-state index contributed by atoms with van der Waals surface area (Å²) in [5.41, 5.74) is 0.146. The molecule has 0 aliphatic rings. The summed E-state index contributed by atoms with van der Waals surface area (Å²) in [7, 11) is -5.76. The number of nitrogens with zero attached hydrogens (tertiary/aromatic N) is 4. The van der Waals surface area contributed by atoms with Crippen LogP contribution in [0.3, 0.4) is 0 Å². The number of rotatable bonds is 14. The van der Waals surface area contributed by atoms with E-state index in [4.69, 9.17) is 4.74 Å². The summed E-state index contributed by atoms with van der Waals surface area (Å²) >= 11 is 0. The first-order chi connectivity index (χ1) is 31.7. The van der Waals surface area contributed by atoms with E-state index < -0.39 is 51.4 Å². The summed E-state index contributed by atoms with van der Waals surface area (Å²) in [6, 6.07) is 43.7. The van der Waals surface area contributed by atoms with Crippen molar-refractivity contribution in [3.63, 3.8) is 0 Å². The van der Waals surface area contributed by atoms with Crippen LogP contribution in [0.4, 0.5) is 8.78 Å². The van der Waals surface area contributed by atoms with Crippen LogP contribution >= 0.6 is 20.9 Å². The van der Waals surface area contributed by atoms with Crippen molar-refractivity contribution in [2.24, 2.45) is 10.2 Å². The molecule has 0 fully saturated rings. The molecule has 0 aliphatic carbocycles. The molecule has 0 spiro atoms. The van der Waals surface area contributed by atoms with Crippen molar-refractivity contribution >= 4 is 63.2 Å². The maximum absolute atomic E-state index is 13.0. The number of fused-ring (bicyclic) bond motifs is 2. The van der Waals surface area contributed by atoms with E-state index in [0.29, 0.717) is 0 Å². The third-order valence-electron chi connectivity index (χ3n) is 10.7. The van der Waals surface area contributed by atoms with Gasteiger partial charge >= 0.3 is 17.2 Å². The van der Waals surface area contributed by atoms with E-state index in [1.807, 2.05) is 6.07 Å². The average Bonchev–Trinajstić information content (AvgIpc) is 3.94. The van der Waals surface area contributed by atoms with Crippen LogP contribution in [0.2, 0.25) is 0 Å². The lowest BCUT2D eigenvalue weighted by atomic mass is 9.87. The van der Waals surface area contributed by atoms with Gasteiger partial charge in [-0.2, -0.15) is 29.5 Å². The molecular formula is C52H59F2N4O7S3+.